The van der Waals surface area contributed by atoms with Gasteiger partial charge >= 0.3 is 0 Å². The van der Waals surface area contributed by atoms with Gasteiger partial charge < -0.3 is 19.4 Å². The largest absolute Gasteiger partial charge is 0.493 e. The van der Waals surface area contributed by atoms with Crippen LogP contribution in [0.3, 0.4) is 0 Å². The number of benzene rings is 2. The lowest BCUT2D eigenvalue weighted by molar-refractivity contribution is -0.122. The number of ether oxygens (including phenoxy) is 2. The van der Waals surface area contributed by atoms with Gasteiger partial charge in [-0.1, -0.05) is 12.1 Å². The Morgan fingerprint density at radius 3 is 2.65 bits per heavy atom. The molecule has 160 valence electrons. The highest BCUT2D eigenvalue weighted by Gasteiger charge is 2.19. The van der Waals surface area contributed by atoms with E-state index in [1.807, 2.05) is 42.8 Å². The predicted molar refractivity (Wildman–Crippen MR) is 116 cm³/mol. The van der Waals surface area contributed by atoms with Gasteiger partial charge in [0, 0.05) is 12.4 Å². The third-order valence-corrected chi connectivity index (χ3v) is 5.24. The average molecular weight is 421 g/mol. The van der Waals surface area contributed by atoms with E-state index in [0.29, 0.717) is 22.3 Å². The van der Waals surface area contributed by atoms with Crippen LogP contribution < -0.4 is 20.3 Å². The maximum absolute atomic E-state index is 13.0. The van der Waals surface area contributed by atoms with Crippen molar-refractivity contribution in [3.8, 4) is 11.5 Å². The SMILES string of the molecule is COc1ccc2cnn(CC(=O)NC(C)c3nc4ccccc4n3C)c(=O)c2c1OC. The van der Waals surface area contributed by atoms with Gasteiger partial charge in [-0.3, -0.25) is 9.59 Å². The molecule has 2 heterocycles. The first-order chi connectivity index (χ1) is 14.9. The molecule has 1 unspecified atom stereocenters. The van der Waals surface area contributed by atoms with Crippen LogP contribution in [-0.2, 0) is 18.4 Å². The van der Waals surface area contributed by atoms with Gasteiger partial charge in [0.1, 0.15) is 12.4 Å². The van der Waals surface area contributed by atoms with Crippen molar-refractivity contribution in [2.24, 2.45) is 7.05 Å². The van der Waals surface area contributed by atoms with Crippen molar-refractivity contribution < 1.29 is 14.3 Å². The van der Waals surface area contributed by atoms with Crippen LogP contribution >= 0.6 is 0 Å². The van der Waals surface area contributed by atoms with Crippen molar-refractivity contribution in [2.45, 2.75) is 19.5 Å². The van der Waals surface area contributed by atoms with Gasteiger partial charge in [0.2, 0.25) is 5.91 Å². The number of hydrogen-bond donors (Lipinski definition) is 1. The van der Waals surface area contributed by atoms with Crippen LogP contribution in [-0.4, -0.2) is 39.5 Å². The number of hydrogen-bond acceptors (Lipinski definition) is 6. The Morgan fingerprint density at radius 2 is 1.94 bits per heavy atom. The summed E-state index contributed by atoms with van der Waals surface area (Å²) in [6, 6.07) is 10.8. The molecule has 0 radical (unpaired) electrons. The highest BCUT2D eigenvalue weighted by Crippen LogP contribution is 2.32. The first-order valence-electron chi connectivity index (χ1n) is 9.76. The lowest BCUT2D eigenvalue weighted by Crippen LogP contribution is -2.35. The lowest BCUT2D eigenvalue weighted by atomic mass is 10.1. The summed E-state index contributed by atoms with van der Waals surface area (Å²) in [7, 11) is 4.87. The molecule has 0 bridgehead atoms. The molecule has 0 aliphatic rings. The first-order valence-corrected chi connectivity index (χ1v) is 9.76. The van der Waals surface area contributed by atoms with Crippen LogP contribution in [0.4, 0.5) is 0 Å². The molecule has 0 aliphatic heterocycles. The number of amides is 1. The second-order valence-electron chi connectivity index (χ2n) is 7.18. The molecule has 4 rings (SSSR count). The molecule has 1 atom stereocenters. The summed E-state index contributed by atoms with van der Waals surface area (Å²) in [5.41, 5.74) is 1.40. The summed E-state index contributed by atoms with van der Waals surface area (Å²) in [4.78, 5) is 30.3. The monoisotopic (exact) mass is 421 g/mol. The van der Waals surface area contributed by atoms with E-state index >= 15 is 0 Å². The molecule has 0 saturated heterocycles. The zero-order valence-electron chi connectivity index (χ0n) is 17.7. The number of nitrogens with zero attached hydrogens (tertiary/aromatic N) is 4. The number of aryl methyl sites for hydroxylation is 1. The molecule has 1 amide bonds. The standard InChI is InChI=1S/C22H23N5O4/c1-13(21-25-15-7-5-6-8-16(15)26(21)2)24-18(28)12-27-22(29)19-14(11-23-27)9-10-17(30-3)20(19)31-4/h5-11,13H,12H2,1-4H3,(H,24,28). The molecular weight excluding hydrogens is 398 g/mol. The molecule has 4 aromatic rings. The second-order valence-corrected chi connectivity index (χ2v) is 7.18. The number of aromatic nitrogens is 4. The van der Waals surface area contributed by atoms with Gasteiger partial charge in [-0.05, 0) is 31.2 Å². The van der Waals surface area contributed by atoms with Crippen LogP contribution in [0.2, 0.25) is 0 Å². The minimum atomic E-state index is -0.432. The Bertz CT molecular complexity index is 1340. The van der Waals surface area contributed by atoms with Crippen molar-refractivity contribution >= 4 is 27.7 Å². The van der Waals surface area contributed by atoms with Gasteiger partial charge in [0.15, 0.2) is 11.5 Å². The van der Waals surface area contributed by atoms with Crippen LogP contribution in [0, 0.1) is 0 Å². The molecular formula is C22H23N5O4. The van der Waals surface area contributed by atoms with Crippen LogP contribution in [0.25, 0.3) is 21.8 Å². The molecule has 0 fully saturated rings. The van der Waals surface area contributed by atoms with Gasteiger partial charge in [-0.25, -0.2) is 9.67 Å². The average Bonchev–Trinajstić information content (AvgIpc) is 3.11. The smallest absolute Gasteiger partial charge is 0.279 e. The van der Waals surface area contributed by atoms with E-state index in [1.165, 1.54) is 20.4 Å². The van der Waals surface area contributed by atoms with E-state index in [9.17, 15) is 9.59 Å². The second kappa shape index (κ2) is 8.10. The molecule has 31 heavy (non-hydrogen) atoms. The Labute approximate surface area is 178 Å². The van der Waals surface area contributed by atoms with Crippen molar-refractivity contribution in [1.29, 1.82) is 0 Å². The van der Waals surface area contributed by atoms with Crippen LogP contribution in [0.1, 0.15) is 18.8 Å². The number of carbonyl (C=O) groups is 1. The Balaban J connectivity index is 1.60. The fraction of sp³-hybridized carbons (Fsp3) is 0.273. The quantitative estimate of drug-likeness (QED) is 0.512. The Kier molecular flexibility index (Phi) is 5.33. The summed E-state index contributed by atoms with van der Waals surface area (Å²) in [5.74, 6) is 1.12. The zero-order valence-corrected chi connectivity index (χ0v) is 17.7. The van der Waals surface area contributed by atoms with Gasteiger partial charge in [0.05, 0.1) is 42.9 Å². The van der Waals surface area contributed by atoms with E-state index in [0.717, 1.165) is 21.5 Å². The van der Waals surface area contributed by atoms with Crippen molar-refractivity contribution in [1.82, 2.24) is 24.6 Å². The molecule has 0 spiro atoms. The number of methoxy groups -OCH3 is 2. The predicted octanol–water partition coefficient (Wildman–Crippen LogP) is 2.18. The summed E-state index contributed by atoms with van der Waals surface area (Å²) >= 11 is 0. The fourth-order valence-corrected chi connectivity index (χ4v) is 3.74. The molecule has 9 heteroatoms. The number of carbonyl (C=O) groups excluding carboxylic acids is 1. The van der Waals surface area contributed by atoms with Gasteiger partial charge in [-0.15, -0.1) is 0 Å². The van der Waals surface area contributed by atoms with E-state index in [-0.39, 0.29) is 18.5 Å². The summed E-state index contributed by atoms with van der Waals surface area (Å²) < 4.78 is 13.7. The number of fused-ring (bicyclic) bond motifs is 2. The van der Waals surface area contributed by atoms with E-state index in [2.05, 4.69) is 15.4 Å². The maximum Gasteiger partial charge on any atom is 0.279 e. The highest BCUT2D eigenvalue weighted by molar-refractivity contribution is 5.89. The zero-order chi connectivity index (χ0) is 22.1. The number of rotatable bonds is 6. The van der Waals surface area contributed by atoms with Crippen molar-refractivity contribution in [2.75, 3.05) is 14.2 Å². The normalized spacial score (nSPS) is 12.1. The number of imidazole rings is 1. The van der Waals surface area contributed by atoms with E-state index in [4.69, 9.17) is 9.47 Å². The van der Waals surface area contributed by atoms with E-state index < -0.39 is 5.56 Å². The topological polar surface area (TPSA) is 100 Å². The third kappa shape index (κ3) is 3.58. The summed E-state index contributed by atoms with van der Waals surface area (Å²) in [6.45, 7) is 1.62. The molecule has 1 N–H and O–H groups in total. The highest BCUT2D eigenvalue weighted by atomic mass is 16.5. The maximum atomic E-state index is 13.0. The van der Waals surface area contributed by atoms with Crippen LogP contribution in [0.15, 0.2) is 47.4 Å². The number of nitrogens with one attached hydrogen (secondary N) is 1. The van der Waals surface area contributed by atoms with Crippen LogP contribution in [0.5, 0.6) is 11.5 Å². The molecule has 2 aromatic carbocycles. The minimum absolute atomic E-state index is 0.233. The summed E-state index contributed by atoms with van der Waals surface area (Å²) in [5, 5.41) is 7.95. The molecule has 2 aromatic heterocycles. The first kappa shape index (κ1) is 20.4. The Morgan fingerprint density at radius 1 is 1.16 bits per heavy atom. The lowest BCUT2D eigenvalue weighted by Gasteiger charge is -2.15. The Hall–Kier alpha value is -3.88. The fourth-order valence-electron chi connectivity index (χ4n) is 3.74. The summed E-state index contributed by atoms with van der Waals surface area (Å²) in [6.07, 6.45) is 1.53. The van der Waals surface area contributed by atoms with Crippen molar-refractivity contribution in [3.05, 3.63) is 58.8 Å². The molecule has 9 nitrogen and oxygen atoms in total. The van der Waals surface area contributed by atoms with E-state index in [1.54, 1.807) is 12.1 Å². The molecule has 0 aliphatic carbocycles. The minimum Gasteiger partial charge on any atom is -0.493 e. The van der Waals surface area contributed by atoms with Crippen molar-refractivity contribution in [3.63, 3.8) is 0 Å². The van der Waals surface area contributed by atoms with Gasteiger partial charge in [0.25, 0.3) is 5.56 Å². The molecule has 0 saturated carbocycles. The van der Waals surface area contributed by atoms with Gasteiger partial charge in [-0.2, -0.15) is 5.10 Å². The third-order valence-electron chi connectivity index (χ3n) is 5.24. The number of para-hydroxylation sites is 2.